The zero-order valence-electron chi connectivity index (χ0n) is 12.4. The summed E-state index contributed by atoms with van der Waals surface area (Å²) in [6.45, 7) is 11.7. The minimum absolute atomic E-state index is 0.293. The summed E-state index contributed by atoms with van der Waals surface area (Å²) in [4.78, 5) is 0. The molecule has 0 amide bonds. The van der Waals surface area contributed by atoms with Gasteiger partial charge in [0.1, 0.15) is 5.75 Å². The van der Waals surface area contributed by atoms with Gasteiger partial charge in [-0.2, -0.15) is 0 Å². The first-order chi connectivity index (χ1) is 9.29. The van der Waals surface area contributed by atoms with Gasteiger partial charge in [-0.15, -0.1) is 0 Å². The molecule has 0 saturated heterocycles. The van der Waals surface area contributed by atoms with Gasteiger partial charge in [-0.25, -0.2) is 0 Å². The Morgan fingerprint density at radius 2 is 1.11 bits per heavy atom. The van der Waals surface area contributed by atoms with Crippen LogP contribution in [0.4, 0.5) is 0 Å². The molecule has 0 heterocycles. The molecule has 2 rings (SSSR count). The minimum atomic E-state index is 0.293. The van der Waals surface area contributed by atoms with E-state index in [9.17, 15) is 5.11 Å². The highest BCUT2D eigenvalue weighted by Gasteiger charge is 1.96. The van der Waals surface area contributed by atoms with Crippen molar-refractivity contribution in [2.24, 2.45) is 0 Å². The van der Waals surface area contributed by atoms with Crippen molar-refractivity contribution in [1.29, 1.82) is 0 Å². The quantitative estimate of drug-likeness (QED) is 0.724. The molecule has 2 aromatic rings. The number of hydrogen-bond donors (Lipinski definition) is 1. The number of phenols is 1. The van der Waals surface area contributed by atoms with Crippen molar-refractivity contribution >= 4 is 6.08 Å². The fourth-order valence-electron chi connectivity index (χ4n) is 1.47. The second-order valence-corrected chi connectivity index (χ2v) is 3.37. The Bertz CT molecular complexity index is 452. The van der Waals surface area contributed by atoms with E-state index in [-0.39, 0.29) is 0 Å². The van der Waals surface area contributed by atoms with Crippen molar-refractivity contribution < 1.29 is 5.11 Å². The van der Waals surface area contributed by atoms with Crippen LogP contribution in [-0.2, 0) is 0 Å². The lowest BCUT2D eigenvalue weighted by Crippen LogP contribution is -1.77. The third-order valence-corrected chi connectivity index (χ3v) is 2.35. The molecule has 19 heavy (non-hydrogen) atoms. The average Bonchev–Trinajstić information content (AvgIpc) is 2.52. The van der Waals surface area contributed by atoms with Gasteiger partial charge in [0.05, 0.1) is 0 Å². The van der Waals surface area contributed by atoms with Crippen molar-refractivity contribution in [2.45, 2.75) is 27.7 Å². The summed E-state index contributed by atoms with van der Waals surface area (Å²) in [7, 11) is 0. The van der Waals surface area contributed by atoms with Gasteiger partial charge in [-0.05, 0) is 28.8 Å². The molecule has 0 unspecified atom stereocenters. The molecule has 0 atom stereocenters. The molecular formula is C18H24O. The van der Waals surface area contributed by atoms with Crippen LogP contribution in [0, 0.1) is 0 Å². The van der Waals surface area contributed by atoms with Crippen LogP contribution >= 0.6 is 0 Å². The Hall–Kier alpha value is -2.02. The SMILES string of the molecule is C=Cc1ccc(-c2ccc(O)cc2)cc1.CC.CC. The Morgan fingerprint density at radius 1 is 0.737 bits per heavy atom. The van der Waals surface area contributed by atoms with Crippen molar-refractivity contribution in [3.8, 4) is 16.9 Å². The molecule has 0 bridgehead atoms. The van der Waals surface area contributed by atoms with Crippen LogP contribution < -0.4 is 0 Å². The van der Waals surface area contributed by atoms with E-state index < -0.39 is 0 Å². The highest BCUT2D eigenvalue weighted by Crippen LogP contribution is 2.22. The molecule has 0 aliphatic rings. The second-order valence-electron chi connectivity index (χ2n) is 3.37. The summed E-state index contributed by atoms with van der Waals surface area (Å²) >= 11 is 0. The van der Waals surface area contributed by atoms with Gasteiger partial charge in [0.2, 0.25) is 0 Å². The van der Waals surface area contributed by atoms with Crippen LogP contribution in [-0.4, -0.2) is 5.11 Å². The van der Waals surface area contributed by atoms with Crippen LogP contribution in [0.3, 0.4) is 0 Å². The van der Waals surface area contributed by atoms with Crippen LogP contribution in [0.25, 0.3) is 17.2 Å². The molecule has 1 heteroatoms. The van der Waals surface area contributed by atoms with Crippen molar-refractivity contribution in [3.63, 3.8) is 0 Å². The highest BCUT2D eigenvalue weighted by molar-refractivity contribution is 5.65. The summed E-state index contributed by atoms with van der Waals surface area (Å²) in [6, 6.07) is 15.3. The standard InChI is InChI=1S/C14H12O.2C2H6/c1-2-11-3-5-12(6-4-11)13-7-9-14(15)10-8-13;2*1-2/h2-10,15H,1H2;2*1-2H3. The molecule has 0 fully saturated rings. The van der Waals surface area contributed by atoms with Gasteiger partial charge in [0, 0.05) is 0 Å². The van der Waals surface area contributed by atoms with Gasteiger partial charge in [-0.3, -0.25) is 0 Å². The van der Waals surface area contributed by atoms with E-state index in [2.05, 4.69) is 6.58 Å². The first-order valence-electron chi connectivity index (χ1n) is 6.81. The van der Waals surface area contributed by atoms with E-state index in [1.54, 1.807) is 12.1 Å². The Labute approximate surface area is 117 Å². The highest BCUT2D eigenvalue weighted by atomic mass is 16.3. The number of hydrogen-bond acceptors (Lipinski definition) is 1. The van der Waals surface area contributed by atoms with E-state index in [0.29, 0.717) is 5.75 Å². The normalized spacial score (nSPS) is 8.42. The summed E-state index contributed by atoms with van der Waals surface area (Å²) in [5.74, 6) is 0.293. The summed E-state index contributed by atoms with van der Waals surface area (Å²) in [5.41, 5.74) is 3.35. The second kappa shape index (κ2) is 9.95. The van der Waals surface area contributed by atoms with E-state index in [1.807, 2.05) is 70.2 Å². The van der Waals surface area contributed by atoms with Gasteiger partial charge in [0.25, 0.3) is 0 Å². The lowest BCUT2D eigenvalue weighted by Gasteiger charge is -2.02. The number of aromatic hydroxyl groups is 1. The van der Waals surface area contributed by atoms with Gasteiger partial charge >= 0.3 is 0 Å². The summed E-state index contributed by atoms with van der Waals surface area (Å²) in [6.07, 6.45) is 1.82. The molecule has 0 aliphatic heterocycles. The maximum absolute atomic E-state index is 9.17. The van der Waals surface area contributed by atoms with E-state index in [0.717, 1.165) is 16.7 Å². The molecular weight excluding hydrogens is 232 g/mol. The minimum Gasteiger partial charge on any atom is -0.508 e. The van der Waals surface area contributed by atoms with Crippen molar-refractivity contribution in [2.75, 3.05) is 0 Å². The maximum Gasteiger partial charge on any atom is 0.115 e. The average molecular weight is 256 g/mol. The molecule has 102 valence electrons. The largest absolute Gasteiger partial charge is 0.508 e. The molecule has 0 aromatic heterocycles. The molecule has 2 aromatic carbocycles. The third kappa shape index (κ3) is 5.43. The summed E-state index contributed by atoms with van der Waals surface area (Å²) in [5, 5.41) is 9.17. The van der Waals surface area contributed by atoms with Crippen LogP contribution in [0.1, 0.15) is 33.3 Å². The zero-order valence-corrected chi connectivity index (χ0v) is 12.4. The van der Waals surface area contributed by atoms with Crippen LogP contribution in [0.15, 0.2) is 55.1 Å². The van der Waals surface area contributed by atoms with Crippen LogP contribution in [0.5, 0.6) is 5.75 Å². The van der Waals surface area contributed by atoms with Gasteiger partial charge in [0.15, 0.2) is 0 Å². The summed E-state index contributed by atoms with van der Waals surface area (Å²) < 4.78 is 0. The molecule has 0 aliphatic carbocycles. The van der Waals surface area contributed by atoms with Crippen molar-refractivity contribution in [1.82, 2.24) is 0 Å². The van der Waals surface area contributed by atoms with E-state index >= 15 is 0 Å². The first kappa shape index (κ1) is 17.0. The Balaban J connectivity index is 0.000000741. The van der Waals surface area contributed by atoms with Gasteiger partial charge in [-0.1, -0.05) is 76.7 Å². The maximum atomic E-state index is 9.17. The lowest BCUT2D eigenvalue weighted by atomic mass is 10.0. The monoisotopic (exact) mass is 256 g/mol. The third-order valence-electron chi connectivity index (χ3n) is 2.35. The molecule has 1 nitrogen and oxygen atoms in total. The zero-order chi connectivity index (χ0) is 14.7. The smallest absolute Gasteiger partial charge is 0.115 e. The molecule has 0 saturated carbocycles. The molecule has 0 radical (unpaired) electrons. The fourth-order valence-corrected chi connectivity index (χ4v) is 1.47. The number of phenolic OH excluding ortho intramolecular Hbond substituents is 1. The van der Waals surface area contributed by atoms with E-state index in [1.165, 1.54) is 0 Å². The molecule has 1 N–H and O–H groups in total. The predicted molar refractivity (Wildman–Crippen MR) is 86.3 cm³/mol. The topological polar surface area (TPSA) is 20.2 Å². The van der Waals surface area contributed by atoms with Gasteiger partial charge < -0.3 is 5.11 Å². The fraction of sp³-hybridized carbons (Fsp3) is 0.222. The van der Waals surface area contributed by atoms with Crippen molar-refractivity contribution in [3.05, 3.63) is 60.7 Å². The van der Waals surface area contributed by atoms with E-state index in [4.69, 9.17) is 0 Å². The number of benzene rings is 2. The Kier molecular flexibility index (Phi) is 8.90. The first-order valence-corrected chi connectivity index (χ1v) is 6.81. The van der Waals surface area contributed by atoms with Crippen LogP contribution in [0.2, 0.25) is 0 Å². The molecule has 0 spiro atoms. The predicted octanol–water partition coefficient (Wildman–Crippen LogP) is 5.75. The Morgan fingerprint density at radius 3 is 1.47 bits per heavy atom. The number of rotatable bonds is 2. The lowest BCUT2D eigenvalue weighted by molar-refractivity contribution is 0.475.